The minimum atomic E-state index is 0.0794. The number of benzene rings is 2. The van der Waals surface area contributed by atoms with Crippen LogP contribution in [-0.4, -0.2) is 5.91 Å². The topological polar surface area (TPSA) is 29.1 Å². The second-order valence-electron chi connectivity index (χ2n) is 5.82. The molecule has 2 aromatic carbocycles. The molecule has 2 nitrogen and oxygen atoms in total. The van der Waals surface area contributed by atoms with Crippen molar-refractivity contribution in [3.8, 4) is 0 Å². The minimum absolute atomic E-state index is 0.0794. The van der Waals surface area contributed by atoms with Crippen LogP contribution in [0.2, 0.25) is 0 Å². The van der Waals surface area contributed by atoms with Crippen molar-refractivity contribution in [2.24, 2.45) is 5.92 Å². The Morgan fingerprint density at radius 2 is 1.52 bits per heavy atom. The molecule has 1 unspecified atom stereocenters. The summed E-state index contributed by atoms with van der Waals surface area (Å²) in [5, 5.41) is 3.17. The Balaban J connectivity index is 2.03. The molecule has 0 heterocycles. The Morgan fingerprint density at radius 1 is 0.952 bits per heavy atom. The molecule has 0 fully saturated rings. The molecule has 0 saturated carbocycles. The molecule has 0 spiro atoms. The molecule has 110 valence electrons. The molecule has 0 radical (unpaired) electrons. The van der Waals surface area contributed by atoms with Crippen LogP contribution in [0.3, 0.4) is 0 Å². The number of amides is 1. The molecule has 0 aliphatic carbocycles. The van der Waals surface area contributed by atoms with E-state index in [1.807, 2.05) is 48.5 Å². The van der Waals surface area contributed by atoms with Gasteiger partial charge in [0.25, 0.3) is 0 Å². The first-order chi connectivity index (χ1) is 10.1. The van der Waals surface area contributed by atoms with Gasteiger partial charge in [0.2, 0.25) is 5.91 Å². The zero-order chi connectivity index (χ0) is 15.1. The Labute approximate surface area is 127 Å². The molecule has 1 atom stereocenters. The highest BCUT2D eigenvalue weighted by Crippen LogP contribution is 2.21. The number of carbonyl (C=O) groups is 1. The molecule has 1 amide bonds. The van der Waals surface area contributed by atoms with Crippen LogP contribution < -0.4 is 5.32 Å². The van der Waals surface area contributed by atoms with Gasteiger partial charge in [-0.3, -0.25) is 4.79 Å². The normalized spacial score (nSPS) is 12.1. The van der Waals surface area contributed by atoms with Crippen LogP contribution in [0, 0.1) is 5.92 Å². The summed E-state index contributed by atoms with van der Waals surface area (Å²) in [5.41, 5.74) is 2.22. The van der Waals surface area contributed by atoms with E-state index in [2.05, 4.69) is 31.3 Å². The van der Waals surface area contributed by atoms with Crippen LogP contribution in [0.4, 0.5) is 0 Å². The van der Waals surface area contributed by atoms with Crippen molar-refractivity contribution in [1.82, 2.24) is 5.32 Å². The largest absolute Gasteiger partial charge is 0.349 e. The lowest BCUT2D eigenvalue weighted by atomic mass is 9.96. The summed E-state index contributed by atoms with van der Waals surface area (Å²) in [6.07, 6.45) is 1.38. The van der Waals surface area contributed by atoms with Gasteiger partial charge in [0.1, 0.15) is 0 Å². The van der Waals surface area contributed by atoms with E-state index in [9.17, 15) is 4.79 Å². The maximum absolute atomic E-state index is 12.3. The molecule has 0 aliphatic heterocycles. The third-order valence-corrected chi connectivity index (χ3v) is 3.45. The molecular formula is C19H23NO. The van der Waals surface area contributed by atoms with Crippen LogP contribution in [-0.2, 0) is 11.2 Å². The number of hydrogen-bond donors (Lipinski definition) is 1. The molecule has 21 heavy (non-hydrogen) atoms. The zero-order valence-electron chi connectivity index (χ0n) is 12.8. The fraction of sp³-hybridized carbons (Fsp3) is 0.316. The van der Waals surface area contributed by atoms with E-state index in [1.165, 1.54) is 5.56 Å². The summed E-state index contributed by atoms with van der Waals surface area (Å²) >= 11 is 0. The minimum Gasteiger partial charge on any atom is -0.349 e. The Kier molecular flexibility index (Phi) is 5.56. The van der Waals surface area contributed by atoms with Crippen molar-refractivity contribution >= 4 is 5.91 Å². The summed E-state index contributed by atoms with van der Waals surface area (Å²) in [7, 11) is 0. The monoisotopic (exact) mass is 281 g/mol. The van der Waals surface area contributed by atoms with E-state index < -0.39 is 0 Å². The van der Waals surface area contributed by atoms with Gasteiger partial charge in [-0.2, -0.15) is 0 Å². The van der Waals surface area contributed by atoms with Gasteiger partial charge in [-0.05, 0) is 23.5 Å². The van der Waals surface area contributed by atoms with Crippen molar-refractivity contribution in [1.29, 1.82) is 0 Å². The predicted molar refractivity (Wildman–Crippen MR) is 86.9 cm³/mol. The van der Waals surface area contributed by atoms with Gasteiger partial charge in [0.15, 0.2) is 0 Å². The summed E-state index contributed by atoms with van der Waals surface area (Å²) in [4.78, 5) is 12.3. The van der Waals surface area contributed by atoms with Crippen LogP contribution >= 0.6 is 0 Å². The average molecular weight is 281 g/mol. The van der Waals surface area contributed by atoms with E-state index in [0.717, 1.165) is 12.0 Å². The van der Waals surface area contributed by atoms with Gasteiger partial charge in [0, 0.05) is 0 Å². The maximum Gasteiger partial charge on any atom is 0.224 e. The van der Waals surface area contributed by atoms with E-state index in [1.54, 1.807) is 0 Å². The molecule has 0 aromatic heterocycles. The standard InChI is InChI=1S/C19H23NO/c1-15(2)13-18(17-11-7-4-8-12-17)20-19(21)14-16-9-5-3-6-10-16/h3-12,15,18H,13-14H2,1-2H3,(H,20,21). The van der Waals surface area contributed by atoms with E-state index >= 15 is 0 Å². The second kappa shape index (κ2) is 7.63. The van der Waals surface area contributed by atoms with Crippen LogP contribution in [0.5, 0.6) is 0 Å². The highest BCUT2D eigenvalue weighted by Gasteiger charge is 2.16. The molecule has 0 aliphatic rings. The summed E-state index contributed by atoms with van der Waals surface area (Å²) < 4.78 is 0. The number of hydrogen-bond acceptors (Lipinski definition) is 1. The maximum atomic E-state index is 12.3. The van der Waals surface area contributed by atoms with Crippen LogP contribution in [0.15, 0.2) is 60.7 Å². The number of rotatable bonds is 6. The summed E-state index contributed by atoms with van der Waals surface area (Å²) in [5.74, 6) is 0.614. The van der Waals surface area contributed by atoms with Gasteiger partial charge in [-0.25, -0.2) is 0 Å². The summed E-state index contributed by atoms with van der Waals surface area (Å²) in [6, 6.07) is 20.1. The fourth-order valence-corrected chi connectivity index (χ4v) is 2.46. The molecular weight excluding hydrogens is 258 g/mol. The Hall–Kier alpha value is -2.09. The molecule has 0 saturated heterocycles. The third kappa shape index (κ3) is 5.07. The lowest BCUT2D eigenvalue weighted by molar-refractivity contribution is -0.121. The summed E-state index contributed by atoms with van der Waals surface area (Å²) in [6.45, 7) is 4.36. The van der Waals surface area contributed by atoms with E-state index in [4.69, 9.17) is 0 Å². The third-order valence-electron chi connectivity index (χ3n) is 3.45. The highest BCUT2D eigenvalue weighted by molar-refractivity contribution is 5.79. The SMILES string of the molecule is CC(C)CC(NC(=O)Cc1ccccc1)c1ccccc1. The number of nitrogens with one attached hydrogen (secondary N) is 1. The zero-order valence-corrected chi connectivity index (χ0v) is 12.8. The van der Waals surface area contributed by atoms with Crippen LogP contribution in [0.1, 0.15) is 37.4 Å². The smallest absolute Gasteiger partial charge is 0.224 e. The molecule has 2 rings (SSSR count). The van der Waals surface area contributed by atoms with Crippen molar-refractivity contribution in [3.05, 3.63) is 71.8 Å². The van der Waals surface area contributed by atoms with Gasteiger partial charge >= 0.3 is 0 Å². The lowest BCUT2D eigenvalue weighted by Gasteiger charge is -2.21. The Morgan fingerprint density at radius 3 is 2.10 bits per heavy atom. The Bertz CT molecular complexity index is 548. The molecule has 1 N–H and O–H groups in total. The van der Waals surface area contributed by atoms with Crippen molar-refractivity contribution in [2.75, 3.05) is 0 Å². The quantitative estimate of drug-likeness (QED) is 0.847. The first-order valence-corrected chi connectivity index (χ1v) is 7.53. The highest BCUT2D eigenvalue weighted by atomic mass is 16.1. The van der Waals surface area contributed by atoms with E-state index in [-0.39, 0.29) is 11.9 Å². The van der Waals surface area contributed by atoms with Crippen LogP contribution in [0.25, 0.3) is 0 Å². The average Bonchev–Trinajstić information content (AvgIpc) is 2.48. The first-order valence-electron chi connectivity index (χ1n) is 7.53. The number of carbonyl (C=O) groups excluding carboxylic acids is 1. The second-order valence-corrected chi connectivity index (χ2v) is 5.82. The fourth-order valence-electron chi connectivity index (χ4n) is 2.46. The van der Waals surface area contributed by atoms with Crippen molar-refractivity contribution in [3.63, 3.8) is 0 Å². The van der Waals surface area contributed by atoms with Crippen molar-refractivity contribution < 1.29 is 4.79 Å². The lowest BCUT2D eigenvalue weighted by Crippen LogP contribution is -2.30. The van der Waals surface area contributed by atoms with Gasteiger partial charge in [-0.1, -0.05) is 74.5 Å². The van der Waals surface area contributed by atoms with Crippen molar-refractivity contribution in [2.45, 2.75) is 32.7 Å². The van der Waals surface area contributed by atoms with Gasteiger partial charge in [0.05, 0.1) is 12.5 Å². The van der Waals surface area contributed by atoms with E-state index in [0.29, 0.717) is 12.3 Å². The molecule has 2 heteroatoms. The molecule has 0 bridgehead atoms. The molecule has 2 aromatic rings. The first kappa shape index (κ1) is 15.3. The van der Waals surface area contributed by atoms with Gasteiger partial charge < -0.3 is 5.32 Å². The van der Waals surface area contributed by atoms with Gasteiger partial charge in [-0.15, -0.1) is 0 Å². The predicted octanol–water partition coefficient (Wildman–Crippen LogP) is 4.13.